The van der Waals surface area contributed by atoms with E-state index in [1.807, 2.05) is 48.2 Å². The number of amides is 2. The second kappa shape index (κ2) is 7.94. The van der Waals surface area contributed by atoms with E-state index in [1.54, 1.807) is 13.1 Å². The number of aryl methyl sites for hydroxylation is 1. The minimum absolute atomic E-state index is 0.137. The molecule has 0 saturated carbocycles. The molecule has 0 fully saturated rings. The maximum Gasteiger partial charge on any atom is 0.262 e. The molecule has 0 aliphatic carbocycles. The summed E-state index contributed by atoms with van der Waals surface area (Å²) in [5, 5.41) is 5.52. The summed E-state index contributed by atoms with van der Waals surface area (Å²) in [4.78, 5) is 26.4. The highest BCUT2D eigenvalue weighted by Gasteiger charge is 2.30. The van der Waals surface area contributed by atoms with Crippen LogP contribution in [0.3, 0.4) is 0 Å². The number of para-hydroxylation sites is 2. The van der Waals surface area contributed by atoms with Gasteiger partial charge in [0.15, 0.2) is 6.10 Å². The molecule has 1 aliphatic rings. The zero-order valence-electron chi connectivity index (χ0n) is 14.6. The lowest BCUT2D eigenvalue weighted by molar-refractivity contribution is -0.127. The number of halogens is 1. The van der Waals surface area contributed by atoms with Crippen LogP contribution in [0.15, 0.2) is 42.5 Å². The Balaban J connectivity index is 1.75. The molecule has 7 heteroatoms. The van der Waals surface area contributed by atoms with Gasteiger partial charge >= 0.3 is 0 Å². The van der Waals surface area contributed by atoms with Gasteiger partial charge in [-0.15, -0.1) is 0 Å². The van der Waals surface area contributed by atoms with Crippen LogP contribution in [0.2, 0.25) is 0 Å². The molecule has 26 heavy (non-hydrogen) atoms. The lowest BCUT2D eigenvalue weighted by atomic mass is 10.1. The molecule has 2 N–H and O–H groups in total. The summed E-state index contributed by atoms with van der Waals surface area (Å²) in [6, 6.07) is 13.2. The van der Waals surface area contributed by atoms with E-state index in [9.17, 15) is 9.59 Å². The lowest BCUT2D eigenvalue weighted by Gasteiger charge is -2.35. The van der Waals surface area contributed by atoms with Gasteiger partial charge in [0.1, 0.15) is 5.75 Å². The van der Waals surface area contributed by atoms with Gasteiger partial charge in [0.05, 0.1) is 18.8 Å². The number of hydrogen-bond donors (Lipinski definition) is 2. The number of anilines is 2. The molecule has 0 saturated heterocycles. The first-order valence-corrected chi connectivity index (χ1v) is 9.34. The van der Waals surface area contributed by atoms with Gasteiger partial charge in [-0.25, -0.2) is 0 Å². The van der Waals surface area contributed by atoms with Gasteiger partial charge in [0.2, 0.25) is 5.91 Å². The number of nitrogens with one attached hydrogen (secondary N) is 2. The molecule has 1 aliphatic heterocycles. The largest absolute Gasteiger partial charge is 0.477 e. The van der Waals surface area contributed by atoms with E-state index in [-0.39, 0.29) is 18.4 Å². The number of ether oxygens (including phenoxy) is 1. The SMILES string of the molecule is CNC(=O)C1CN(CC(=O)Nc2ccc(C)c(I)c2)c2ccccc2O1. The van der Waals surface area contributed by atoms with E-state index < -0.39 is 6.10 Å². The van der Waals surface area contributed by atoms with Crippen LogP contribution in [0.1, 0.15) is 5.56 Å². The number of carbonyl (C=O) groups is 2. The Morgan fingerprint density at radius 1 is 1.27 bits per heavy atom. The first-order chi connectivity index (χ1) is 12.5. The maximum atomic E-state index is 12.5. The quantitative estimate of drug-likeness (QED) is 0.682. The number of carbonyl (C=O) groups excluding carboxylic acids is 2. The molecule has 136 valence electrons. The molecule has 1 atom stereocenters. The van der Waals surface area contributed by atoms with Crippen LogP contribution in [0, 0.1) is 10.5 Å². The molecule has 0 radical (unpaired) electrons. The lowest BCUT2D eigenvalue weighted by Crippen LogP contribution is -2.50. The van der Waals surface area contributed by atoms with E-state index in [1.165, 1.54) is 5.56 Å². The van der Waals surface area contributed by atoms with Crippen molar-refractivity contribution in [3.8, 4) is 5.75 Å². The van der Waals surface area contributed by atoms with E-state index in [0.29, 0.717) is 12.3 Å². The molecule has 3 rings (SSSR count). The summed E-state index contributed by atoms with van der Waals surface area (Å²) < 4.78 is 6.85. The number of hydrogen-bond acceptors (Lipinski definition) is 4. The van der Waals surface area contributed by atoms with E-state index in [0.717, 1.165) is 14.9 Å². The summed E-state index contributed by atoms with van der Waals surface area (Å²) >= 11 is 2.24. The maximum absolute atomic E-state index is 12.5. The number of benzene rings is 2. The minimum atomic E-state index is -0.650. The number of fused-ring (bicyclic) bond motifs is 1. The van der Waals surface area contributed by atoms with Crippen LogP contribution >= 0.6 is 22.6 Å². The average molecular weight is 465 g/mol. The zero-order chi connectivity index (χ0) is 18.7. The van der Waals surface area contributed by atoms with Gasteiger partial charge in [-0.05, 0) is 59.3 Å². The molecule has 2 aromatic carbocycles. The summed E-state index contributed by atoms with van der Waals surface area (Å²) in [5.74, 6) is 0.250. The fourth-order valence-electron chi connectivity index (χ4n) is 2.80. The van der Waals surface area contributed by atoms with Crippen LogP contribution in [-0.4, -0.2) is 38.1 Å². The highest BCUT2D eigenvalue weighted by Crippen LogP contribution is 2.33. The van der Waals surface area contributed by atoms with Crippen molar-refractivity contribution in [3.63, 3.8) is 0 Å². The van der Waals surface area contributed by atoms with E-state index in [2.05, 4.69) is 33.2 Å². The zero-order valence-corrected chi connectivity index (χ0v) is 16.7. The fourth-order valence-corrected chi connectivity index (χ4v) is 3.31. The third-order valence-electron chi connectivity index (χ3n) is 4.19. The number of nitrogens with zero attached hydrogens (tertiary/aromatic N) is 1. The first-order valence-electron chi connectivity index (χ1n) is 8.26. The third kappa shape index (κ3) is 4.09. The second-order valence-electron chi connectivity index (χ2n) is 6.08. The fraction of sp³-hybridized carbons (Fsp3) is 0.263. The van der Waals surface area contributed by atoms with Gasteiger partial charge in [-0.3, -0.25) is 9.59 Å². The highest BCUT2D eigenvalue weighted by molar-refractivity contribution is 14.1. The van der Waals surface area contributed by atoms with Gasteiger partial charge in [0, 0.05) is 16.3 Å². The van der Waals surface area contributed by atoms with Gasteiger partial charge in [-0.2, -0.15) is 0 Å². The molecule has 2 aromatic rings. The predicted molar refractivity (Wildman–Crippen MR) is 110 cm³/mol. The Kier molecular flexibility index (Phi) is 5.65. The van der Waals surface area contributed by atoms with Crippen molar-refractivity contribution in [2.24, 2.45) is 0 Å². The van der Waals surface area contributed by atoms with Crippen molar-refractivity contribution in [2.45, 2.75) is 13.0 Å². The average Bonchev–Trinajstić information content (AvgIpc) is 2.64. The monoisotopic (exact) mass is 465 g/mol. The standard InChI is InChI=1S/C19H20IN3O3/c1-12-7-8-13(9-14(12)20)22-18(24)11-23-10-17(19(25)21-2)26-16-6-4-3-5-15(16)23/h3-9,17H,10-11H2,1-2H3,(H,21,25)(H,22,24). The summed E-state index contributed by atoms with van der Waals surface area (Å²) in [6.07, 6.45) is -0.650. The first kappa shape index (κ1) is 18.5. The topological polar surface area (TPSA) is 70.7 Å². The van der Waals surface area contributed by atoms with Crippen molar-refractivity contribution in [2.75, 3.05) is 30.4 Å². The van der Waals surface area contributed by atoms with Crippen molar-refractivity contribution < 1.29 is 14.3 Å². The van der Waals surface area contributed by atoms with Gasteiger partial charge in [0.25, 0.3) is 5.91 Å². The Morgan fingerprint density at radius 3 is 2.77 bits per heavy atom. The molecular formula is C19H20IN3O3. The third-order valence-corrected chi connectivity index (χ3v) is 5.35. The number of likely N-dealkylation sites (N-methyl/N-ethyl adjacent to an activating group) is 1. The Labute approximate surface area is 166 Å². The van der Waals surface area contributed by atoms with Crippen molar-refractivity contribution in [1.82, 2.24) is 5.32 Å². The Bertz CT molecular complexity index is 841. The molecule has 0 bridgehead atoms. The highest BCUT2D eigenvalue weighted by atomic mass is 127. The van der Waals surface area contributed by atoms with Crippen molar-refractivity contribution in [1.29, 1.82) is 0 Å². The van der Waals surface area contributed by atoms with Crippen LogP contribution < -0.4 is 20.3 Å². The molecule has 6 nitrogen and oxygen atoms in total. The molecule has 0 spiro atoms. The van der Waals surface area contributed by atoms with E-state index >= 15 is 0 Å². The van der Waals surface area contributed by atoms with Crippen molar-refractivity contribution in [3.05, 3.63) is 51.6 Å². The normalized spacial score (nSPS) is 15.7. The summed E-state index contributed by atoms with van der Waals surface area (Å²) in [5.41, 5.74) is 2.73. The molecule has 0 aromatic heterocycles. The Hall–Kier alpha value is -2.29. The van der Waals surface area contributed by atoms with Crippen molar-refractivity contribution >= 4 is 45.8 Å². The van der Waals surface area contributed by atoms with Crippen LogP contribution in [0.5, 0.6) is 5.75 Å². The molecule has 1 unspecified atom stereocenters. The Morgan fingerprint density at radius 2 is 2.04 bits per heavy atom. The van der Waals surface area contributed by atoms with E-state index in [4.69, 9.17) is 4.74 Å². The number of rotatable bonds is 4. The smallest absolute Gasteiger partial charge is 0.262 e. The van der Waals surface area contributed by atoms with Crippen LogP contribution in [0.4, 0.5) is 11.4 Å². The molecule has 2 amide bonds. The van der Waals surface area contributed by atoms with Gasteiger partial charge < -0.3 is 20.3 Å². The second-order valence-corrected chi connectivity index (χ2v) is 7.24. The molecule has 1 heterocycles. The van der Waals surface area contributed by atoms with Gasteiger partial charge in [-0.1, -0.05) is 18.2 Å². The van der Waals surface area contributed by atoms with Crippen LogP contribution in [-0.2, 0) is 9.59 Å². The predicted octanol–water partition coefficient (Wildman–Crippen LogP) is 2.55. The summed E-state index contributed by atoms with van der Waals surface area (Å²) in [6.45, 7) is 2.48. The van der Waals surface area contributed by atoms with Crippen LogP contribution in [0.25, 0.3) is 0 Å². The molecular weight excluding hydrogens is 445 g/mol. The summed E-state index contributed by atoms with van der Waals surface area (Å²) in [7, 11) is 1.57. The minimum Gasteiger partial charge on any atom is -0.477 e.